The number of nitrogen functional groups attached to an aromatic ring is 1. The van der Waals surface area contributed by atoms with Crippen LogP contribution < -0.4 is 11.1 Å². The average Bonchev–Trinajstić information content (AvgIpc) is 2.49. The second kappa shape index (κ2) is 7.63. The fourth-order valence-electron chi connectivity index (χ4n) is 3.08. The number of nitrogens with two attached hydrogens (primary N) is 1. The third-order valence-electron chi connectivity index (χ3n) is 4.70. The van der Waals surface area contributed by atoms with Crippen LogP contribution in [0.4, 0.5) is 5.69 Å². The molecule has 0 aromatic heterocycles. The molecule has 0 radical (unpaired) electrons. The number of rotatable bonds is 5. The van der Waals surface area contributed by atoms with E-state index in [0.717, 1.165) is 19.0 Å². The van der Waals surface area contributed by atoms with Gasteiger partial charge in [0.05, 0.1) is 0 Å². The van der Waals surface area contributed by atoms with Gasteiger partial charge in [-0.15, -0.1) is 0 Å². The molecule has 4 heteroatoms. The standard InChI is InChI=1S/C18H29N3O/c1-13(2)17(21-10-8-14(3)9-11-21)12-20-18(22)15-4-6-16(19)7-5-15/h4-7,13-14,17H,8-12,19H2,1-3H3,(H,20,22). The summed E-state index contributed by atoms with van der Waals surface area (Å²) in [5.41, 5.74) is 7.01. The van der Waals surface area contributed by atoms with Gasteiger partial charge in [0, 0.05) is 23.8 Å². The molecule has 1 heterocycles. The van der Waals surface area contributed by atoms with Crippen LogP contribution in [0, 0.1) is 11.8 Å². The molecule has 122 valence electrons. The summed E-state index contributed by atoms with van der Waals surface area (Å²) in [7, 11) is 0. The molecule has 0 bridgehead atoms. The van der Waals surface area contributed by atoms with Crippen molar-refractivity contribution >= 4 is 11.6 Å². The van der Waals surface area contributed by atoms with E-state index in [4.69, 9.17) is 5.73 Å². The normalized spacial score (nSPS) is 18.4. The van der Waals surface area contributed by atoms with Crippen molar-refractivity contribution in [2.75, 3.05) is 25.4 Å². The summed E-state index contributed by atoms with van der Waals surface area (Å²) in [6.45, 7) is 9.78. The number of carbonyl (C=O) groups excluding carboxylic acids is 1. The minimum Gasteiger partial charge on any atom is -0.399 e. The van der Waals surface area contributed by atoms with Gasteiger partial charge in [-0.2, -0.15) is 0 Å². The zero-order chi connectivity index (χ0) is 16.1. The largest absolute Gasteiger partial charge is 0.399 e. The summed E-state index contributed by atoms with van der Waals surface area (Å²) in [4.78, 5) is 14.8. The predicted molar refractivity (Wildman–Crippen MR) is 91.8 cm³/mol. The maximum Gasteiger partial charge on any atom is 0.251 e. The molecular weight excluding hydrogens is 274 g/mol. The average molecular weight is 303 g/mol. The molecule has 1 amide bonds. The fourth-order valence-corrected chi connectivity index (χ4v) is 3.08. The van der Waals surface area contributed by atoms with Gasteiger partial charge in [0.1, 0.15) is 0 Å². The number of likely N-dealkylation sites (tertiary alicyclic amines) is 1. The van der Waals surface area contributed by atoms with Crippen molar-refractivity contribution in [1.82, 2.24) is 10.2 Å². The van der Waals surface area contributed by atoms with Crippen LogP contribution in [-0.2, 0) is 0 Å². The van der Waals surface area contributed by atoms with Crippen LogP contribution in [0.2, 0.25) is 0 Å². The van der Waals surface area contributed by atoms with Crippen molar-refractivity contribution in [2.45, 2.75) is 39.7 Å². The SMILES string of the molecule is CC1CCN(C(CNC(=O)c2ccc(N)cc2)C(C)C)CC1. The Morgan fingerprint density at radius 2 is 1.86 bits per heavy atom. The molecular formula is C18H29N3O. The molecule has 0 spiro atoms. The molecule has 3 N–H and O–H groups in total. The van der Waals surface area contributed by atoms with Gasteiger partial charge in [-0.1, -0.05) is 20.8 Å². The Morgan fingerprint density at radius 1 is 1.27 bits per heavy atom. The van der Waals surface area contributed by atoms with Gasteiger partial charge in [0.25, 0.3) is 5.91 Å². The number of piperidine rings is 1. The molecule has 0 aliphatic carbocycles. The molecule has 1 saturated heterocycles. The molecule has 1 aliphatic heterocycles. The third-order valence-corrected chi connectivity index (χ3v) is 4.70. The van der Waals surface area contributed by atoms with Crippen LogP contribution in [0.3, 0.4) is 0 Å². The monoisotopic (exact) mass is 303 g/mol. The predicted octanol–water partition coefficient (Wildman–Crippen LogP) is 2.76. The first-order chi connectivity index (χ1) is 10.5. The van der Waals surface area contributed by atoms with Crippen molar-refractivity contribution in [1.29, 1.82) is 0 Å². The second-order valence-electron chi connectivity index (χ2n) is 6.86. The van der Waals surface area contributed by atoms with E-state index in [1.165, 1.54) is 12.8 Å². The number of benzene rings is 1. The van der Waals surface area contributed by atoms with Crippen LogP contribution in [-0.4, -0.2) is 36.5 Å². The summed E-state index contributed by atoms with van der Waals surface area (Å²) in [5, 5.41) is 3.09. The lowest BCUT2D eigenvalue weighted by atomic mass is 9.94. The first-order valence-electron chi connectivity index (χ1n) is 8.35. The number of hydrogen-bond donors (Lipinski definition) is 2. The zero-order valence-corrected chi connectivity index (χ0v) is 14.0. The first kappa shape index (κ1) is 16.8. The lowest BCUT2D eigenvalue weighted by Gasteiger charge is -2.38. The number of amides is 1. The van der Waals surface area contributed by atoms with E-state index in [2.05, 4.69) is 31.0 Å². The molecule has 1 unspecified atom stereocenters. The summed E-state index contributed by atoms with van der Waals surface area (Å²) in [5.74, 6) is 1.34. The topological polar surface area (TPSA) is 58.4 Å². The molecule has 22 heavy (non-hydrogen) atoms. The van der Waals surface area contributed by atoms with Crippen LogP contribution in [0.5, 0.6) is 0 Å². The number of hydrogen-bond acceptors (Lipinski definition) is 3. The molecule has 1 aromatic rings. The number of nitrogens with one attached hydrogen (secondary N) is 1. The van der Waals surface area contributed by atoms with Gasteiger partial charge in [0.2, 0.25) is 0 Å². The Balaban J connectivity index is 1.91. The minimum atomic E-state index is -0.0176. The van der Waals surface area contributed by atoms with Crippen LogP contribution >= 0.6 is 0 Å². The fraction of sp³-hybridized carbons (Fsp3) is 0.611. The lowest BCUT2D eigenvalue weighted by Crippen LogP contribution is -2.49. The highest BCUT2D eigenvalue weighted by atomic mass is 16.1. The molecule has 1 atom stereocenters. The maximum absolute atomic E-state index is 12.2. The van der Waals surface area contributed by atoms with E-state index in [9.17, 15) is 4.79 Å². The Bertz CT molecular complexity index is 476. The first-order valence-corrected chi connectivity index (χ1v) is 8.35. The van der Waals surface area contributed by atoms with Crippen LogP contribution in [0.15, 0.2) is 24.3 Å². The van der Waals surface area contributed by atoms with Gasteiger partial charge in [-0.3, -0.25) is 9.69 Å². The van der Waals surface area contributed by atoms with Crippen LogP contribution in [0.1, 0.15) is 44.0 Å². The second-order valence-corrected chi connectivity index (χ2v) is 6.86. The summed E-state index contributed by atoms with van der Waals surface area (Å²) in [6, 6.07) is 7.49. The lowest BCUT2D eigenvalue weighted by molar-refractivity contribution is 0.0863. The molecule has 0 saturated carbocycles. The number of carbonyl (C=O) groups is 1. The van der Waals surface area contributed by atoms with Gasteiger partial charge in [-0.25, -0.2) is 0 Å². The molecule has 2 rings (SSSR count). The smallest absolute Gasteiger partial charge is 0.251 e. The van der Waals surface area contributed by atoms with E-state index in [-0.39, 0.29) is 5.91 Å². The third kappa shape index (κ3) is 4.47. The maximum atomic E-state index is 12.2. The van der Waals surface area contributed by atoms with E-state index >= 15 is 0 Å². The van der Waals surface area contributed by atoms with E-state index in [0.29, 0.717) is 29.8 Å². The molecule has 1 fully saturated rings. The summed E-state index contributed by atoms with van der Waals surface area (Å²) in [6.07, 6.45) is 2.52. The van der Waals surface area contributed by atoms with Crippen molar-refractivity contribution in [3.8, 4) is 0 Å². The quantitative estimate of drug-likeness (QED) is 0.822. The Hall–Kier alpha value is -1.55. The number of anilines is 1. The van der Waals surface area contributed by atoms with E-state index < -0.39 is 0 Å². The summed E-state index contributed by atoms with van der Waals surface area (Å²) >= 11 is 0. The molecule has 1 aromatic carbocycles. The Labute approximate surface area is 134 Å². The van der Waals surface area contributed by atoms with Gasteiger partial charge >= 0.3 is 0 Å². The highest BCUT2D eigenvalue weighted by molar-refractivity contribution is 5.94. The Morgan fingerprint density at radius 3 is 2.41 bits per heavy atom. The zero-order valence-electron chi connectivity index (χ0n) is 14.0. The molecule has 4 nitrogen and oxygen atoms in total. The van der Waals surface area contributed by atoms with Gasteiger partial charge in [-0.05, 0) is 62.0 Å². The summed E-state index contributed by atoms with van der Waals surface area (Å²) < 4.78 is 0. The van der Waals surface area contributed by atoms with Crippen molar-refractivity contribution in [3.63, 3.8) is 0 Å². The highest BCUT2D eigenvalue weighted by Crippen LogP contribution is 2.21. The van der Waals surface area contributed by atoms with Gasteiger partial charge in [0.15, 0.2) is 0 Å². The van der Waals surface area contributed by atoms with E-state index in [1.807, 2.05) is 0 Å². The van der Waals surface area contributed by atoms with Gasteiger partial charge < -0.3 is 11.1 Å². The van der Waals surface area contributed by atoms with E-state index in [1.54, 1.807) is 24.3 Å². The number of nitrogens with zero attached hydrogens (tertiary/aromatic N) is 1. The van der Waals surface area contributed by atoms with Crippen molar-refractivity contribution < 1.29 is 4.79 Å². The van der Waals surface area contributed by atoms with Crippen molar-refractivity contribution in [2.24, 2.45) is 11.8 Å². The Kier molecular flexibility index (Phi) is 5.83. The minimum absolute atomic E-state index is 0.0176. The molecule has 1 aliphatic rings. The van der Waals surface area contributed by atoms with Crippen molar-refractivity contribution in [3.05, 3.63) is 29.8 Å². The highest BCUT2D eigenvalue weighted by Gasteiger charge is 2.25. The van der Waals surface area contributed by atoms with Crippen LogP contribution in [0.25, 0.3) is 0 Å².